The third kappa shape index (κ3) is 4.20. The lowest BCUT2D eigenvalue weighted by Gasteiger charge is -2.02. The smallest absolute Gasteiger partial charge is 0.244 e. The van der Waals surface area contributed by atoms with Crippen molar-refractivity contribution in [3.63, 3.8) is 0 Å². The molecule has 1 amide bonds. The van der Waals surface area contributed by atoms with Crippen molar-refractivity contribution in [2.75, 3.05) is 6.61 Å². The van der Waals surface area contributed by atoms with Gasteiger partial charge in [0.1, 0.15) is 5.75 Å². The summed E-state index contributed by atoms with van der Waals surface area (Å²) in [5.41, 5.74) is 0.920. The number of H-pyrrole nitrogens is 1. The molecule has 0 aliphatic heterocycles. The molecule has 7 nitrogen and oxygen atoms in total. The van der Waals surface area contributed by atoms with Crippen LogP contribution in [-0.2, 0) is 11.3 Å². The first-order chi connectivity index (χ1) is 9.78. The monoisotopic (exact) mass is 273 g/mol. The molecule has 7 heteroatoms. The van der Waals surface area contributed by atoms with E-state index in [-0.39, 0.29) is 12.5 Å². The van der Waals surface area contributed by atoms with Gasteiger partial charge in [-0.2, -0.15) is 5.21 Å². The molecule has 2 rings (SSSR count). The van der Waals surface area contributed by atoms with Gasteiger partial charge in [0.15, 0.2) is 5.82 Å². The average molecular weight is 273 g/mol. The highest BCUT2D eigenvalue weighted by molar-refractivity contribution is 5.91. The first-order valence-corrected chi connectivity index (χ1v) is 6.19. The van der Waals surface area contributed by atoms with E-state index in [4.69, 9.17) is 4.74 Å². The van der Waals surface area contributed by atoms with E-state index in [1.807, 2.05) is 31.2 Å². The van der Waals surface area contributed by atoms with Crippen molar-refractivity contribution in [2.45, 2.75) is 13.5 Å². The fourth-order valence-corrected chi connectivity index (χ4v) is 1.50. The molecule has 0 spiro atoms. The molecule has 104 valence electrons. The van der Waals surface area contributed by atoms with E-state index in [9.17, 15) is 4.79 Å². The Hall–Kier alpha value is -2.70. The van der Waals surface area contributed by atoms with Gasteiger partial charge < -0.3 is 10.1 Å². The van der Waals surface area contributed by atoms with E-state index in [1.165, 1.54) is 6.08 Å². The van der Waals surface area contributed by atoms with E-state index < -0.39 is 0 Å². The third-order valence-corrected chi connectivity index (χ3v) is 2.43. The summed E-state index contributed by atoms with van der Waals surface area (Å²) in [6.45, 7) is 2.80. The molecular formula is C13H15N5O2. The number of ether oxygens (including phenoxy) is 1. The zero-order valence-electron chi connectivity index (χ0n) is 11.0. The number of nitrogens with one attached hydrogen (secondary N) is 2. The number of hydrogen-bond acceptors (Lipinski definition) is 5. The number of carbonyl (C=O) groups is 1. The van der Waals surface area contributed by atoms with Crippen LogP contribution >= 0.6 is 0 Å². The first-order valence-electron chi connectivity index (χ1n) is 6.19. The maximum absolute atomic E-state index is 11.6. The topological polar surface area (TPSA) is 92.8 Å². The van der Waals surface area contributed by atoms with Crippen LogP contribution in [0.1, 0.15) is 18.3 Å². The average Bonchev–Trinajstić information content (AvgIpc) is 2.98. The van der Waals surface area contributed by atoms with E-state index in [0.717, 1.165) is 11.3 Å². The minimum atomic E-state index is -0.219. The Labute approximate surface area is 116 Å². The molecule has 1 aromatic heterocycles. The van der Waals surface area contributed by atoms with Crippen molar-refractivity contribution in [1.82, 2.24) is 25.9 Å². The second-order valence-corrected chi connectivity index (χ2v) is 3.88. The second kappa shape index (κ2) is 7.03. The largest absolute Gasteiger partial charge is 0.494 e. The van der Waals surface area contributed by atoms with Crippen LogP contribution in [0.25, 0.3) is 6.08 Å². The number of carbonyl (C=O) groups excluding carboxylic acids is 1. The predicted octanol–water partition coefficient (Wildman–Crippen LogP) is 0.928. The lowest BCUT2D eigenvalue weighted by atomic mass is 10.2. The lowest BCUT2D eigenvalue weighted by Crippen LogP contribution is -2.20. The molecule has 0 atom stereocenters. The predicted molar refractivity (Wildman–Crippen MR) is 72.7 cm³/mol. The molecule has 1 aromatic carbocycles. The van der Waals surface area contributed by atoms with Gasteiger partial charge in [-0.3, -0.25) is 4.79 Å². The van der Waals surface area contributed by atoms with E-state index in [0.29, 0.717) is 12.4 Å². The minimum Gasteiger partial charge on any atom is -0.494 e. The van der Waals surface area contributed by atoms with Crippen molar-refractivity contribution in [3.8, 4) is 5.75 Å². The number of hydrogen-bond donors (Lipinski definition) is 2. The SMILES string of the molecule is CCOc1ccc(C=CC(=O)NCc2nn[nH]n2)cc1. The highest BCUT2D eigenvalue weighted by Crippen LogP contribution is 2.12. The Morgan fingerprint density at radius 3 is 2.85 bits per heavy atom. The summed E-state index contributed by atoms with van der Waals surface area (Å²) in [5, 5.41) is 15.8. The normalized spacial score (nSPS) is 10.7. The van der Waals surface area contributed by atoms with Crippen molar-refractivity contribution in [3.05, 3.63) is 41.7 Å². The molecule has 1 heterocycles. The van der Waals surface area contributed by atoms with Gasteiger partial charge in [0.2, 0.25) is 5.91 Å². The fraction of sp³-hybridized carbons (Fsp3) is 0.231. The van der Waals surface area contributed by atoms with E-state index >= 15 is 0 Å². The van der Waals surface area contributed by atoms with Gasteiger partial charge in [-0.1, -0.05) is 17.3 Å². The number of nitrogens with zero attached hydrogens (tertiary/aromatic N) is 3. The van der Waals surface area contributed by atoms with Crippen molar-refractivity contribution >= 4 is 12.0 Å². The standard InChI is InChI=1S/C13H15N5O2/c1-2-20-11-6-3-10(4-7-11)5-8-13(19)14-9-12-15-17-18-16-12/h3-8H,2,9H2,1H3,(H,14,19)(H,15,16,17,18). The fourth-order valence-electron chi connectivity index (χ4n) is 1.50. The maximum Gasteiger partial charge on any atom is 0.244 e. The molecule has 0 saturated carbocycles. The quantitative estimate of drug-likeness (QED) is 0.764. The summed E-state index contributed by atoms with van der Waals surface area (Å²) in [5.74, 6) is 1.03. The van der Waals surface area contributed by atoms with Crippen molar-refractivity contribution < 1.29 is 9.53 Å². The van der Waals surface area contributed by atoms with Gasteiger partial charge in [-0.15, -0.1) is 10.2 Å². The first kappa shape index (κ1) is 13.7. The Balaban J connectivity index is 1.83. The van der Waals surface area contributed by atoms with Crippen LogP contribution in [0.2, 0.25) is 0 Å². The summed E-state index contributed by atoms with van der Waals surface area (Å²) in [4.78, 5) is 11.6. The molecular weight excluding hydrogens is 258 g/mol. The molecule has 0 aliphatic rings. The summed E-state index contributed by atoms with van der Waals surface area (Å²) in [6.07, 6.45) is 3.18. The molecule has 0 unspecified atom stereocenters. The summed E-state index contributed by atoms with van der Waals surface area (Å²) in [6, 6.07) is 7.49. The van der Waals surface area contributed by atoms with Crippen LogP contribution in [0.15, 0.2) is 30.3 Å². The number of benzene rings is 1. The molecule has 2 aromatic rings. The lowest BCUT2D eigenvalue weighted by molar-refractivity contribution is -0.116. The molecule has 20 heavy (non-hydrogen) atoms. The number of tetrazole rings is 1. The van der Waals surface area contributed by atoms with Crippen LogP contribution in [0, 0.1) is 0 Å². The Morgan fingerprint density at radius 1 is 1.40 bits per heavy atom. The Bertz CT molecular complexity index is 563. The molecule has 0 saturated heterocycles. The maximum atomic E-state index is 11.6. The Morgan fingerprint density at radius 2 is 2.20 bits per heavy atom. The zero-order chi connectivity index (χ0) is 14.2. The Kier molecular flexibility index (Phi) is 4.82. The minimum absolute atomic E-state index is 0.219. The van der Waals surface area contributed by atoms with Gasteiger partial charge in [0.25, 0.3) is 0 Å². The van der Waals surface area contributed by atoms with Gasteiger partial charge in [0, 0.05) is 6.08 Å². The van der Waals surface area contributed by atoms with Crippen LogP contribution in [0.3, 0.4) is 0 Å². The van der Waals surface area contributed by atoms with Gasteiger partial charge in [0.05, 0.1) is 13.2 Å². The third-order valence-electron chi connectivity index (χ3n) is 2.43. The summed E-state index contributed by atoms with van der Waals surface area (Å²) < 4.78 is 5.34. The highest BCUT2D eigenvalue weighted by Gasteiger charge is 2.00. The van der Waals surface area contributed by atoms with Crippen molar-refractivity contribution in [2.24, 2.45) is 0 Å². The van der Waals surface area contributed by atoms with Gasteiger partial charge in [-0.05, 0) is 30.7 Å². The van der Waals surface area contributed by atoms with Crippen molar-refractivity contribution in [1.29, 1.82) is 0 Å². The molecule has 0 radical (unpaired) electrons. The number of aromatic amines is 1. The molecule has 0 bridgehead atoms. The summed E-state index contributed by atoms with van der Waals surface area (Å²) >= 11 is 0. The molecule has 0 fully saturated rings. The zero-order valence-corrected chi connectivity index (χ0v) is 11.0. The van der Waals surface area contributed by atoms with Gasteiger partial charge in [-0.25, -0.2) is 0 Å². The van der Waals surface area contributed by atoms with Crippen LogP contribution in [0.5, 0.6) is 5.75 Å². The highest BCUT2D eigenvalue weighted by atomic mass is 16.5. The van der Waals surface area contributed by atoms with E-state index in [2.05, 4.69) is 25.9 Å². The van der Waals surface area contributed by atoms with Crippen LogP contribution < -0.4 is 10.1 Å². The number of amides is 1. The number of rotatable bonds is 6. The summed E-state index contributed by atoms with van der Waals surface area (Å²) in [7, 11) is 0. The number of aromatic nitrogens is 4. The van der Waals surface area contributed by atoms with Crippen LogP contribution in [-0.4, -0.2) is 33.1 Å². The van der Waals surface area contributed by atoms with Gasteiger partial charge >= 0.3 is 0 Å². The van der Waals surface area contributed by atoms with E-state index in [1.54, 1.807) is 6.08 Å². The second-order valence-electron chi connectivity index (χ2n) is 3.88. The molecule has 0 aliphatic carbocycles. The van der Waals surface area contributed by atoms with Crippen LogP contribution in [0.4, 0.5) is 0 Å². The molecule has 2 N–H and O–H groups in total.